The molecule has 2 aromatic rings. The number of rotatable bonds is 5. The van der Waals surface area contributed by atoms with Gasteiger partial charge in [-0.2, -0.15) is 9.40 Å². The molecule has 0 spiro atoms. The van der Waals surface area contributed by atoms with E-state index in [1.807, 2.05) is 0 Å². The Morgan fingerprint density at radius 1 is 1.38 bits per heavy atom. The van der Waals surface area contributed by atoms with Crippen LogP contribution in [0.3, 0.4) is 0 Å². The van der Waals surface area contributed by atoms with E-state index in [1.165, 1.54) is 10.4 Å². The largest absolute Gasteiger partial charge is 0.352 e. The van der Waals surface area contributed by atoms with Crippen molar-refractivity contribution >= 4 is 15.9 Å². The van der Waals surface area contributed by atoms with Crippen molar-refractivity contribution in [3.05, 3.63) is 47.3 Å². The summed E-state index contributed by atoms with van der Waals surface area (Å²) >= 11 is 0. The first-order valence-corrected chi connectivity index (χ1v) is 9.24. The van der Waals surface area contributed by atoms with Crippen molar-refractivity contribution in [2.45, 2.75) is 24.8 Å². The predicted molar refractivity (Wildman–Crippen MR) is 89.0 cm³/mol. The summed E-state index contributed by atoms with van der Waals surface area (Å²) in [5.41, 5.74) is 2.14. The number of nitrogens with zero attached hydrogens (tertiary/aromatic N) is 3. The van der Waals surface area contributed by atoms with Crippen LogP contribution in [0.25, 0.3) is 0 Å². The molecule has 24 heavy (non-hydrogen) atoms. The molecule has 1 aromatic heterocycles. The molecule has 8 heteroatoms. The monoisotopic (exact) mass is 348 g/mol. The zero-order valence-electron chi connectivity index (χ0n) is 13.7. The van der Waals surface area contributed by atoms with Gasteiger partial charge in [-0.15, -0.1) is 0 Å². The molecule has 0 radical (unpaired) electrons. The Kier molecular flexibility index (Phi) is 4.42. The number of aryl methyl sites for hydroxylation is 1. The zero-order valence-corrected chi connectivity index (χ0v) is 14.5. The smallest absolute Gasteiger partial charge is 0.251 e. The molecule has 1 aromatic carbocycles. The summed E-state index contributed by atoms with van der Waals surface area (Å²) in [5.74, 6) is -0.219. The lowest BCUT2D eigenvalue weighted by Crippen LogP contribution is -2.33. The van der Waals surface area contributed by atoms with Gasteiger partial charge in [0.15, 0.2) is 0 Å². The molecule has 1 N–H and O–H groups in total. The second-order valence-corrected chi connectivity index (χ2v) is 7.72. The number of hydrogen-bond acceptors (Lipinski definition) is 4. The van der Waals surface area contributed by atoms with Crippen molar-refractivity contribution < 1.29 is 13.2 Å². The molecule has 0 aliphatic carbocycles. The predicted octanol–water partition coefficient (Wildman–Crippen LogP) is 0.917. The Morgan fingerprint density at radius 2 is 2.17 bits per heavy atom. The standard InChI is InChI=1S/C16H20N4O3S/c1-3-20(11-12-9-18-19(2)10-12)24(22,23)14-5-4-13-6-7-17-16(21)15(13)8-14/h4-5,8-10H,3,6-7,11H2,1-2H3,(H,17,21). The number of carbonyl (C=O) groups excluding carboxylic acids is 1. The Labute approximate surface area is 141 Å². The van der Waals surface area contributed by atoms with E-state index < -0.39 is 10.0 Å². The molecule has 3 rings (SSSR count). The molecule has 0 saturated carbocycles. The lowest BCUT2D eigenvalue weighted by Gasteiger charge is -2.22. The summed E-state index contributed by atoms with van der Waals surface area (Å²) in [4.78, 5) is 12.1. The molecular formula is C16H20N4O3S. The van der Waals surface area contributed by atoms with Crippen molar-refractivity contribution in [2.75, 3.05) is 13.1 Å². The molecule has 0 atom stereocenters. The van der Waals surface area contributed by atoms with Gasteiger partial charge in [0.1, 0.15) is 0 Å². The minimum Gasteiger partial charge on any atom is -0.352 e. The minimum absolute atomic E-state index is 0.143. The SMILES string of the molecule is CCN(Cc1cnn(C)c1)S(=O)(=O)c1ccc2c(c1)C(=O)NCC2. The van der Waals surface area contributed by atoms with E-state index in [1.54, 1.807) is 43.2 Å². The number of amides is 1. The van der Waals surface area contributed by atoms with Gasteiger partial charge < -0.3 is 5.32 Å². The lowest BCUT2D eigenvalue weighted by molar-refractivity contribution is 0.0945. The molecule has 0 fully saturated rings. The van der Waals surface area contributed by atoms with Gasteiger partial charge in [0.25, 0.3) is 5.91 Å². The molecule has 0 unspecified atom stereocenters. The van der Waals surface area contributed by atoms with Gasteiger partial charge in [-0.3, -0.25) is 9.48 Å². The maximum atomic E-state index is 12.9. The molecule has 1 aliphatic rings. The van der Waals surface area contributed by atoms with Crippen LogP contribution in [0.1, 0.15) is 28.4 Å². The second kappa shape index (κ2) is 6.37. The van der Waals surface area contributed by atoms with Crippen LogP contribution >= 0.6 is 0 Å². The van der Waals surface area contributed by atoms with E-state index >= 15 is 0 Å². The van der Waals surface area contributed by atoms with E-state index in [-0.39, 0.29) is 17.3 Å². The quantitative estimate of drug-likeness (QED) is 0.871. The highest BCUT2D eigenvalue weighted by atomic mass is 32.2. The van der Waals surface area contributed by atoms with E-state index in [9.17, 15) is 13.2 Å². The Balaban J connectivity index is 1.93. The van der Waals surface area contributed by atoms with E-state index in [4.69, 9.17) is 0 Å². The number of fused-ring (bicyclic) bond motifs is 1. The summed E-state index contributed by atoms with van der Waals surface area (Å²) in [6.07, 6.45) is 4.16. The first-order chi connectivity index (χ1) is 11.4. The van der Waals surface area contributed by atoms with Crippen LogP contribution in [0.15, 0.2) is 35.5 Å². The third-order valence-corrected chi connectivity index (χ3v) is 6.03. The first kappa shape index (κ1) is 16.7. The third kappa shape index (κ3) is 3.07. The van der Waals surface area contributed by atoms with Crippen LogP contribution in [-0.4, -0.2) is 41.5 Å². The highest BCUT2D eigenvalue weighted by molar-refractivity contribution is 7.89. The maximum Gasteiger partial charge on any atom is 0.251 e. The number of nitrogens with one attached hydrogen (secondary N) is 1. The van der Waals surface area contributed by atoms with Crippen molar-refractivity contribution in [3.63, 3.8) is 0 Å². The summed E-state index contributed by atoms with van der Waals surface area (Å²) in [6, 6.07) is 4.79. The highest BCUT2D eigenvalue weighted by Gasteiger charge is 2.26. The average molecular weight is 348 g/mol. The van der Waals surface area contributed by atoms with E-state index in [0.29, 0.717) is 25.1 Å². The van der Waals surface area contributed by atoms with Crippen LogP contribution in [0.5, 0.6) is 0 Å². The molecular weight excluding hydrogens is 328 g/mol. The number of hydrogen-bond donors (Lipinski definition) is 1. The number of sulfonamides is 1. The first-order valence-electron chi connectivity index (χ1n) is 7.80. The normalized spacial score (nSPS) is 14.5. The summed E-state index contributed by atoms with van der Waals surface area (Å²) in [6.45, 7) is 2.95. The van der Waals surface area contributed by atoms with Crippen molar-refractivity contribution in [2.24, 2.45) is 7.05 Å². The maximum absolute atomic E-state index is 12.9. The van der Waals surface area contributed by atoms with E-state index in [0.717, 1.165) is 11.1 Å². The van der Waals surface area contributed by atoms with Gasteiger partial charge in [-0.25, -0.2) is 8.42 Å². The number of aromatic nitrogens is 2. The molecule has 1 aliphatic heterocycles. The van der Waals surface area contributed by atoms with Crippen LogP contribution < -0.4 is 5.32 Å². The molecule has 0 bridgehead atoms. The minimum atomic E-state index is -3.68. The topological polar surface area (TPSA) is 84.3 Å². The van der Waals surface area contributed by atoms with Crippen LogP contribution in [0.4, 0.5) is 0 Å². The molecule has 1 amide bonds. The average Bonchev–Trinajstić information content (AvgIpc) is 2.97. The van der Waals surface area contributed by atoms with Gasteiger partial charge in [-0.05, 0) is 24.1 Å². The van der Waals surface area contributed by atoms with Crippen LogP contribution in [-0.2, 0) is 30.0 Å². The van der Waals surface area contributed by atoms with Crippen molar-refractivity contribution in [3.8, 4) is 0 Å². The lowest BCUT2D eigenvalue weighted by atomic mass is 10.0. The van der Waals surface area contributed by atoms with Gasteiger partial charge in [0.05, 0.1) is 11.1 Å². The summed E-state index contributed by atoms with van der Waals surface area (Å²) in [5, 5.41) is 6.81. The Bertz CT molecular complexity index is 873. The second-order valence-electron chi connectivity index (χ2n) is 5.78. The fourth-order valence-electron chi connectivity index (χ4n) is 2.82. The van der Waals surface area contributed by atoms with Gasteiger partial charge in [-0.1, -0.05) is 13.0 Å². The summed E-state index contributed by atoms with van der Waals surface area (Å²) in [7, 11) is -1.89. The number of benzene rings is 1. The fourth-order valence-corrected chi connectivity index (χ4v) is 4.29. The van der Waals surface area contributed by atoms with Crippen molar-refractivity contribution in [1.29, 1.82) is 0 Å². The fraction of sp³-hybridized carbons (Fsp3) is 0.375. The molecule has 128 valence electrons. The Hall–Kier alpha value is -2.19. The van der Waals surface area contributed by atoms with Gasteiger partial charge in [0.2, 0.25) is 10.0 Å². The molecule has 0 saturated heterocycles. The summed E-state index contributed by atoms with van der Waals surface area (Å²) < 4.78 is 28.9. The molecule has 7 nitrogen and oxygen atoms in total. The van der Waals surface area contributed by atoms with E-state index in [2.05, 4.69) is 10.4 Å². The highest BCUT2D eigenvalue weighted by Crippen LogP contribution is 2.23. The van der Waals surface area contributed by atoms with Gasteiger partial charge >= 0.3 is 0 Å². The zero-order chi connectivity index (χ0) is 17.3. The molecule has 2 heterocycles. The Morgan fingerprint density at radius 3 is 2.83 bits per heavy atom. The van der Waals surface area contributed by atoms with Crippen molar-refractivity contribution in [1.82, 2.24) is 19.4 Å². The van der Waals surface area contributed by atoms with Crippen LogP contribution in [0.2, 0.25) is 0 Å². The van der Waals surface area contributed by atoms with Crippen LogP contribution in [0, 0.1) is 0 Å². The third-order valence-electron chi connectivity index (χ3n) is 4.11. The van der Waals surface area contributed by atoms with Gasteiger partial charge in [0, 0.05) is 44.0 Å². The number of carbonyl (C=O) groups is 1.